The number of nitrogen functional groups attached to an aromatic ring is 2. The van der Waals surface area contributed by atoms with Gasteiger partial charge >= 0.3 is 0 Å². The van der Waals surface area contributed by atoms with Crippen LogP contribution in [0.5, 0.6) is 0 Å². The smallest absolute Gasteiger partial charge is 0.220 e. The van der Waals surface area contributed by atoms with Crippen molar-refractivity contribution in [1.82, 2.24) is 20.3 Å². The minimum absolute atomic E-state index is 0.0892. The Morgan fingerprint density at radius 1 is 1.14 bits per heavy atom. The Labute approximate surface area is 121 Å². The fourth-order valence-electron chi connectivity index (χ4n) is 2.12. The van der Waals surface area contributed by atoms with Gasteiger partial charge in [-0.05, 0) is 29.8 Å². The van der Waals surface area contributed by atoms with E-state index in [9.17, 15) is 5.11 Å². The zero-order valence-electron chi connectivity index (χ0n) is 11.1. The van der Waals surface area contributed by atoms with E-state index < -0.39 is 0 Å². The van der Waals surface area contributed by atoms with Crippen LogP contribution in [0.3, 0.4) is 0 Å². The molecule has 0 amide bonds. The largest absolute Gasteiger partial charge is 0.506 e. The molecule has 6 N–H and O–H groups in total. The Morgan fingerprint density at radius 2 is 1.95 bits per heavy atom. The lowest BCUT2D eigenvalue weighted by atomic mass is 10.0. The quantitative estimate of drug-likeness (QED) is 0.651. The van der Waals surface area contributed by atoms with Gasteiger partial charge in [0, 0.05) is 12.4 Å². The van der Waals surface area contributed by atoms with Gasteiger partial charge in [-0.2, -0.15) is 0 Å². The van der Waals surface area contributed by atoms with Crippen molar-refractivity contribution in [2.45, 2.75) is 6.04 Å². The van der Waals surface area contributed by atoms with Crippen LogP contribution in [0.1, 0.15) is 17.3 Å². The molecular formula is C14H14N6O. The summed E-state index contributed by atoms with van der Waals surface area (Å²) in [5.41, 5.74) is 13.2. The lowest BCUT2D eigenvalue weighted by Gasteiger charge is -2.23. The summed E-state index contributed by atoms with van der Waals surface area (Å²) in [5, 5.41) is 13.2. The minimum Gasteiger partial charge on any atom is -0.506 e. The van der Waals surface area contributed by atoms with E-state index in [1.165, 1.54) is 6.20 Å². The van der Waals surface area contributed by atoms with Crippen molar-refractivity contribution in [3.63, 3.8) is 0 Å². The Hall–Kier alpha value is -3.09. The maximum atomic E-state index is 10.0. The van der Waals surface area contributed by atoms with Crippen LogP contribution in [0, 0.1) is 0 Å². The van der Waals surface area contributed by atoms with E-state index in [2.05, 4.69) is 20.3 Å². The molecule has 0 aliphatic carbocycles. The third-order valence-corrected chi connectivity index (χ3v) is 3.10. The van der Waals surface area contributed by atoms with E-state index in [1.54, 1.807) is 24.4 Å². The van der Waals surface area contributed by atoms with Gasteiger partial charge in [-0.15, -0.1) is 0 Å². The Balaban J connectivity index is 1.94. The number of nitrogens with one attached hydrogen (secondary N) is 1. The summed E-state index contributed by atoms with van der Waals surface area (Å²) >= 11 is 0. The van der Waals surface area contributed by atoms with E-state index in [4.69, 9.17) is 11.5 Å². The number of hydrogen-bond acceptors (Lipinski definition) is 7. The van der Waals surface area contributed by atoms with Gasteiger partial charge in [0.15, 0.2) is 0 Å². The summed E-state index contributed by atoms with van der Waals surface area (Å²) in [7, 11) is 0. The first-order chi connectivity index (χ1) is 10.1. The summed E-state index contributed by atoms with van der Waals surface area (Å²) in [6.07, 6.45) is 6.63. The van der Waals surface area contributed by atoms with Crippen LogP contribution < -0.4 is 16.8 Å². The second-order valence-corrected chi connectivity index (χ2v) is 4.56. The molecule has 0 bridgehead atoms. The Kier molecular flexibility index (Phi) is 3.15. The average molecular weight is 282 g/mol. The van der Waals surface area contributed by atoms with Gasteiger partial charge in [0.2, 0.25) is 5.95 Å². The number of allylic oxidation sites excluding steroid dienone is 1. The summed E-state index contributed by atoms with van der Waals surface area (Å²) in [6, 6.07) is 5.16. The van der Waals surface area contributed by atoms with Crippen molar-refractivity contribution in [2.75, 3.05) is 11.5 Å². The van der Waals surface area contributed by atoms with E-state index in [-0.39, 0.29) is 17.7 Å². The van der Waals surface area contributed by atoms with Crippen LogP contribution in [0.4, 0.5) is 11.8 Å². The average Bonchev–Trinajstić information content (AvgIpc) is 2.47. The summed E-state index contributed by atoms with van der Waals surface area (Å²) < 4.78 is 0. The molecule has 7 nitrogen and oxygen atoms in total. The van der Waals surface area contributed by atoms with Gasteiger partial charge in [-0.1, -0.05) is 6.08 Å². The number of pyridine rings is 1. The van der Waals surface area contributed by atoms with Gasteiger partial charge in [0.25, 0.3) is 0 Å². The monoisotopic (exact) mass is 282 g/mol. The molecule has 3 rings (SSSR count). The molecule has 0 radical (unpaired) electrons. The maximum absolute atomic E-state index is 10.0. The molecule has 21 heavy (non-hydrogen) atoms. The summed E-state index contributed by atoms with van der Waals surface area (Å²) in [4.78, 5) is 11.9. The van der Waals surface area contributed by atoms with Crippen molar-refractivity contribution in [2.24, 2.45) is 0 Å². The fourth-order valence-corrected chi connectivity index (χ4v) is 2.12. The van der Waals surface area contributed by atoms with Crippen molar-refractivity contribution in [1.29, 1.82) is 0 Å². The predicted molar refractivity (Wildman–Crippen MR) is 79.7 cm³/mol. The molecule has 1 aliphatic rings. The van der Waals surface area contributed by atoms with Crippen LogP contribution >= 0.6 is 0 Å². The number of aliphatic hydroxyl groups excluding tert-OH is 1. The number of rotatable bonds is 2. The highest BCUT2D eigenvalue weighted by atomic mass is 16.3. The lowest BCUT2D eigenvalue weighted by Crippen LogP contribution is -2.23. The fraction of sp³-hybridized carbons (Fsp3) is 0.0714. The van der Waals surface area contributed by atoms with Crippen molar-refractivity contribution >= 4 is 17.5 Å². The molecule has 1 aliphatic heterocycles. The van der Waals surface area contributed by atoms with Crippen molar-refractivity contribution < 1.29 is 5.11 Å². The van der Waals surface area contributed by atoms with Crippen LogP contribution in [0.2, 0.25) is 0 Å². The van der Waals surface area contributed by atoms with Gasteiger partial charge < -0.3 is 21.9 Å². The van der Waals surface area contributed by atoms with Crippen LogP contribution in [0.15, 0.2) is 48.5 Å². The van der Waals surface area contributed by atoms with Gasteiger partial charge in [0.1, 0.15) is 17.3 Å². The zero-order valence-corrected chi connectivity index (χ0v) is 11.1. The number of aliphatic hydroxyl groups is 1. The number of hydrogen-bond donors (Lipinski definition) is 4. The Bertz CT molecular complexity index is 740. The van der Waals surface area contributed by atoms with Crippen molar-refractivity contribution in [3.8, 4) is 0 Å². The van der Waals surface area contributed by atoms with E-state index in [0.717, 1.165) is 5.56 Å². The van der Waals surface area contributed by atoms with Crippen molar-refractivity contribution in [3.05, 3.63) is 59.8 Å². The van der Waals surface area contributed by atoms with Gasteiger partial charge in [-0.25, -0.2) is 15.0 Å². The summed E-state index contributed by atoms with van der Waals surface area (Å²) in [5.74, 6) is 0.676. The maximum Gasteiger partial charge on any atom is 0.220 e. The standard InChI is InChI=1S/C14H14N6O/c15-12-7-8(3-5-17-12)9-1-2-11(21)13(19-9)10-4-6-18-14(16)20-10/h1-7,9,19,21H,(H2,15,17)(H2,16,18,20). The van der Waals surface area contributed by atoms with Crippen LogP contribution in [-0.4, -0.2) is 20.1 Å². The first kappa shape index (κ1) is 12.9. The number of aromatic nitrogens is 3. The highest BCUT2D eigenvalue weighted by Gasteiger charge is 2.19. The second-order valence-electron chi connectivity index (χ2n) is 4.56. The highest BCUT2D eigenvalue weighted by Crippen LogP contribution is 2.26. The van der Waals surface area contributed by atoms with Crippen LogP contribution in [-0.2, 0) is 0 Å². The highest BCUT2D eigenvalue weighted by molar-refractivity contribution is 5.67. The van der Waals surface area contributed by atoms with Crippen LogP contribution in [0.25, 0.3) is 5.70 Å². The molecule has 3 heterocycles. The molecule has 106 valence electrons. The molecule has 1 unspecified atom stereocenters. The number of nitrogens with two attached hydrogens (primary N) is 2. The lowest BCUT2D eigenvalue weighted by molar-refractivity contribution is 0.426. The minimum atomic E-state index is -0.141. The van der Waals surface area contributed by atoms with Gasteiger partial charge in [-0.3, -0.25) is 0 Å². The first-order valence-electron chi connectivity index (χ1n) is 6.32. The molecule has 0 spiro atoms. The molecule has 1 atom stereocenters. The number of anilines is 2. The Morgan fingerprint density at radius 3 is 2.71 bits per heavy atom. The molecule has 7 heteroatoms. The summed E-state index contributed by atoms with van der Waals surface area (Å²) in [6.45, 7) is 0. The third-order valence-electron chi connectivity index (χ3n) is 3.10. The topological polar surface area (TPSA) is 123 Å². The van der Waals surface area contributed by atoms with E-state index >= 15 is 0 Å². The number of nitrogens with zero attached hydrogens (tertiary/aromatic N) is 3. The zero-order chi connectivity index (χ0) is 14.8. The molecule has 2 aromatic rings. The first-order valence-corrected chi connectivity index (χ1v) is 6.32. The third kappa shape index (κ3) is 2.62. The predicted octanol–water partition coefficient (Wildman–Crippen LogP) is 1.16. The molecule has 2 aromatic heterocycles. The van der Waals surface area contributed by atoms with Gasteiger partial charge in [0.05, 0.1) is 11.7 Å². The molecular weight excluding hydrogens is 268 g/mol. The molecule has 0 saturated heterocycles. The second kappa shape index (κ2) is 5.12. The normalized spacial score (nSPS) is 17.6. The van der Waals surface area contributed by atoms with E-state index in [1.807, 2.05) is 12.1 Å². The SMILES string of the molecule is Nc1cc(C2C=CC(O)=C(c3ccnc(N)n3)N2)ccn1. The number of dihydropyridines is 1. The molecule has 0 aromatic carbocycles. The van der Waals surface area contributed by atoms with E-state index in [0.29, 0.717) is 17.2 Å². The molecule has 0 fully saturated rings. The molecule has 0 saturated carbocycles.